The number of halogens is 1. The third-order valence-corrected chi connectivity index (χ3v) is 1.82. The molecule has 12 heavy (non-hydrogen) atoms. The minimum absolute atomic E-state index is 0. The highest BCUT2D eigenvalue weighted by Crippen LogP contribution is 1.97. The molecule has 0 aliphatic carbocycles. The Kier molecular flexibility index (Phi) is 5.12. The number of aromatic nitrogens is 3. The number of nitrogens with zero attached hydrogens (tertiary/aromatic N) is 2. The molecule has 0 aliphatic heterocycles. The molecule has 0 atom stereocenters. The summed E-state index contributed by atoms with van der Waals surface area (Å²) >= 11 is 4.99. The summed E-state index contributed by atoms with van der Waals surface area (Å²) in [5.41, 5.74) is 5.40. The molecule has 1 rings (SSSR count). The molecule has 0 aliphatic rings. The molecule has 0 fully saturated rings. The maximum atomic E-state index is 5.40. The first kappa shape index (κ1) is 11.6. The summed E-state index contributed by atoms with van der Waals surface area (Å²) < 4.78 is 2.59. The molecule has 6 heteroatoms. The molecule has 0 bridgehead atoms. The summed E-state index contributed by atoms with van der Waals surface area (Å²) in [4.78, 5) is 0. The first-order valence-electron chi connectivity index (χ1n) is 3.63. The van der Waals surface area contributed by atoms with E-state index in [1.54, 1.807) is 0 Å². The number of rotatable bonds is 3. The van der Waals surface area contributed by atoms with Gasteiger partial charge in [0.2, 0.25) is 0 Å². The maximum absolute atomic E-state index is 5.40. The highest BCUT2D eigenvalue weighted by atomic mass is 35.5. The van der Waals surface area contributed by atoms with Gasteiger partial charge >= 0.3 is 0 Å². The van der Waals surface area contributed by atoms with Crippen molar-refractivity contribution in [2.24, 2.45) is 5.73 Å². The van der Waals surface area contributed by atoms with Crippen LogP contribution >= 0.6 is 24.6 Å². The lowest BCUT2D eigenvalue weighted by molar-refractivity contribution is 0.659. The fourth-order valence-corrected chi connectivity index (χ4v) is 1.22. The number of H-pyrrole nitrogens is 1. The summed E-state index contributed by atoms with van der Waals surface area (Å²) in [6.45, 7) is 3.39. The lowest BCUT2D eigenvalue weighted by Crippen LogP contribution is -2.12. The van der Waals surface area contributed by atoms with Gasteiger partial charge in [-0.1, -0.05) is 6.92 Å². The van der Waals surface area contributed by atoms with Gasteiger partial charge in [-0.25, -0.2) is 0 Å². The van der Waals surface area contributed by atoms with Crippen LogP contribution < -0.4 is 5.73 Å². The van der Waals surface area contributed by atoms with Crippen LogP contribution in [0.5, 0.6) is 0 Å². The molecule has 4 nitrogen and oxygen atoms in total. The van der Waals surface area contributed by atoms with Crippen LogP contribution in [-0.2, 0) is 13.0 Å². The second-order valence-electron chi connectivity index (χ2n) is 2.24. The molecule has 0 saturated heterocycles. The smallest absolute Gasteiger partial charge is 0.195 e. The highest BCUT2D eigenvalue weighted by molar-refractivity contribution is 7.71. The van der Waals surface area contributed by atoms with Gasteiger partial charge in [0.1, 0.15) is 5.82 Å². The Morgan fingerprint density at radius 1 is 1.67 bits per heavy atom. The average molecular weight is 209 g/mol. The maximum Gasteiger partial charge on any atom is 0.195 e. The summed E-state index contributed by atoms with van der Waals surface area (Å²) in [7, 11) is 0. The quantitative estimate of drug-likeness (QED) is 0.726. The van der Waals surface area contributed by atoms with Gasteiger partial charge in [-0.05, 0) is 12.2 Å². The second kappa shape index (κ2) is 5.29. The third kappa shape index (κ3) is 2.30. The zero-order valence-corrected chi connectivity index (χ0v) is 8.54. The molecule has 3 N–H and O–H groups in total. The van der Waals surface area contributed by atoms with Crippen molar-refractivity contribution >= 4 is 24.6 Å². The number of aryl methyl sites for hydroxylation is 1. The molecule has 0 amide bonds. The predicted octanol–water partition coefficient (Wildman–Crippen LogP) is 0.884. The van der Waals surface area contributed by atoms with E-state index in [9.17, 15) is 0 Å². The zero-order chi connectivity index (χ0) is 8.27. The van der Waals surface area contributed by atoms with Gasteiger partial charge in [-0.2, -0.15) is 5.10 Å². The van der Waals surface area contributed by atoms with Crippen molar-refractivity contribution < 1.29 is 0 Å². The van der Waals surface area contributed by atoms with Crippen LogP contribution in [0.1, 0.15) is 12.7 Å². The SMILES string of the molecule is CCc1n[nH]c(=S)n1CCN.Cl. The third-order valence-electron chi connectivity index (χ3n) is 1.51. The van der Waals surface area contributed by atoms with Gasteiger partial charge < -0.3 is 10.3 Å². The van der Waals surface area contributed by atoms with Crippen molar-refractivity contribution in [2.45, 2.75) is 19.9 Å². The normalized spacial score (nSPS) is 9.50. The lowest BCUT2D eigenvalue weighted by atomic mass is 10.4. The number of hydrogen-bond donors (Lipinski definition) is 2. The van der Waals surface area contributed by atoms with Crippen molar-refractivity contribution in [2.75, 3.05) is 6.54 Å². The van der Waals surface area contributed by atoms with E-state index >= 15 is 0 Å². The van der Waals surface area contributed by atoms with Crippen molar-refractivity contribution in [3.8, 4) is 0 Å². The molecule has 0 saturated carbocycles. The molecule has 70 valence electrons. The minimum atomic E-state index is 0. The summed E-state index contributed by atoms with van der Waals surface area (Å²) in [5, 5.41) is 6.78. The van der Waals surface area contributed by atoms with E-state index < -0.39 is 0 Å². The van der Waals surface area contributed by atoms with E-state index in [-0.39, 0.29) is 12.4 Å². The van der Waals surface area contributed by atoms with Gasteiger partial charge in [-0.3, -0.25) is 5.10 Å². The number of nitrogens with two attached hydrogens (primary N) is 1. The Bertz CT molecular complexity index is 279. The van der Waals surface area contributed by atoms with E-state index in [1.165, 1.54) is 0 Å². The second-order valence-corrected chi connectivity index (χ2v) is 2.63. The zero-order valence-electron chi connectivity index (χ0n) is 6.91. The molecule has 0 radical (unpaired) electrons. The van der Waals surface area contributed by atoms with Crippen LogP contribution in [0.3, 0.4) is 0 Å². The van der Waals surface area contributed by atoms with Crippen molar-refractivity contribution in [3.63, 3.8) is 0 Å². The van der Waals surface area contributed by atoms with Crippen LogP contribution in [0, 0.1) is 4.77 Å². The lowest BCUT2D eigenvalue weighted by Gasteiger charge is -2.00. The number of hydrogen-bond acceptors (Lipinski definition) is 3. The van der Waals surface area contributed by atoms with Crippen LogP contribution in [0.15, 0.2) is 0 Å². The Hall–Kier alpha value is -0.390. The number of aromatic amines is 1. The van der Waals surface area contributed by atoms with Crippen molar-refractivity contribution in [1.29, 1.82) is 0 Å². The molecular weight excluding hydrogens is 196 g/mol. The van der Waals surface area contributed by atoms with Crippen molar-refractivity contribution in [1.82, 2.24) is 14.8 Å². The summed E-state index contributed by atoms with van der Waals surface area (Å²) in [6.07, 6.45) is 0.882. The molecule has 0 aromatic carbocycles. The topological polar surface area (TPSA) is 59.6 Å². The molecule has 1 heterocycles. The molecule has 1 aromatic rings. The highest BCUT2D eigenvalue weighted by Gasteiger charge is 2.00. The van der Waals surface area contributed by atoms with E-state index in [4.69, 9.17) is 18.0 Å². The monoisotopic (exact) mass is 208 g/mol. The Morgan fingerprint density at radius 2 is 2.33 bits per heavy atom. The van der Waals surface area contributed by atoms with Crippen LogP contribution in [0.2, 0.25) is 0 Å². The molecule has 1 aromatic heterocycles. The van der Waals surface area contributed by atoms with Crippen LogP contribution in [0.25, 0.3) is 0 Å². The number of nitrogens with one attached hydrogen (secondary N) is 1. The first-order chi connectivity index (χ1) is 5.29. The van der Waals surface area contributed by atoms with E-state index in [2.05, 4.69) is 10.2 Å². The summed E-state index contributed by atoms with van der Waals surface area (Å²) in [5.74, 6) is 0.973. The fraction of sp³-hybridized carbons (Fsp3) is 0.667. The first-order valence-corrected chi connectivity index (χ1v) is 4.04. The van der Waals surface area contributed by atoms with Gasteiger partial charge in [0.05, 0.1) is 0 Å². The minimum Gasteiger partial charge on any atom is -0.329 e. The fourth-order valence-electron chi connectivity index (χ4n) is 0.980. The predicted molar refractivity (Wildman–Crippen MR) is 53.1 cm³/mol. The van der Waals surface area contributed by atoms with Gasteiger partial charge in [0.25, 0.3) is 0 Å². The van der Waals surface area contributed by atoms with Crippen LogP contribution in [-0.4, -0.2) is 21.3 Å². The van der Waals surface area contributed by atoms with Gasteiger partial charge in [-0.15, -0.1) is 12.4 Å². The van der Waals surface area contributed by atoms with Gasteiger partial charge in [0, 0.05) is 19.5 Å². The Labute approximate surface area is 82.6 Å². The van der Waals surface area contributed by atoms with Gasteiger partial charge in [0.15, 0.2) is 4.77 Å². The largest absolute Gasteiger partial charge is 0.329 e. The van der Waals surface area contributed by atoms with E-state index in [0.717, 1.165) is 18.8 Å². The Morgan fingerprint density at radius 3 is 2.83 bits per heavy atom. The van der Waals surface area contributed by atoms with Crippen LogP contribution in [0.4, 0.5) is 0 Å². The Balaban J connectivity index is 0.00000121. The average Bonchev–Trinajstić information content (AvgIpc) is 2.34. The standard InChI is InChI=1S/C6H12N4S.ClH/c1-2-5-8-9-6(11)10(5)4-3-7;/h2-4,7H2,1H3,(H,9,11);1H. The molecular formula is C6H13ClN4S. The molecule has 0 spiro atoms. The van der Waals surface area contributed by atoms with E-state index in [1.807, 2.05) is 11.5 Å². The molecule has 0 unspecified atom stereocenters. The summed E-state index contributed by atoms with van der Waals surface area (Å²) in [6, 6.07) is 0. The van der Waals surface area contributed by atoms with Crippen molar-refractivity contribution in [3.05, 3.63) is 10.6 Å². The van der Waals surface area contributed by atoms with E-state index in [0.29, 0.717) is 11.3 Å².